The zero-order valence-electron chi connectivity index (χ0n) is 14.0. The standard InChI is InChI=1S/C17H29FN4/c1-4-5-12-22(3)13-11-21-17(19-2)20-10-9-15-7-6-8-16(18)14-15/h6-8,14H,4-5,9-13H2,1-3H3,(H2,19,20,21). The second-order valence-corrected chi connectivity index (χ2v) is 5.46. The van der Waals surface area contributed by atoms with Crippen LogP contribution in [0.2, 0.25) is 0 Å². The summed E-state index contributed by atoms with van der Waals surface area (Å²) >= 11 is 0. The van der Waals surface area contributed by atoms with Crippen molar-refractivity contribution in [2.45, 2.75) is 26.2 Å². The van der Waals surface area contributed by atoms with Crippen molar-refractivity contribution in [3.8, 4) is 0 Å². The fourth-order valence-electron chi connectivity index (χ4n) is 2.14. The SMILES string of the molecule is CCCCN(C)CCNC(=NC)NCCc1cccc(F)c1. The number of aliphatic imine (C=N–C) groups is 1. The van der Waals surface area contributed by atoms with Crippen LogP contribution in [0.25, 0.3) is 0 Å². The highest BCUT2D eigenvalue weighted by atomic mass is 19.1. The Balaban J connectivity index is 2.20. The number of unbranched alkanes of at least 4 members (excludes halogenated alkanes) is 1. The van der Waals surface area contributed by atoms with Gasteiger partial charge in [-0.25, -0.2) is 4.39 Å². The minimum atomic E-state index is -0.185. The van der Waals surface area contributed by atoms with Crippen molar-refractivity contribution in [3.63, 3.8) is 0 Å². The van der Waals surface area contributed by atoms with Crippen LogP contribution >= 0.6 is 0 Å². The molecule has 0 aliphatic rings. The van der Waals surface area contributed by atoms with E-state index in [0.717, 1.165) is 44.1 Å². The van der Waals surface area contributed by atoms with Crippen LogP contribution in [0.3, 0.4) is 0 Å². The van der Waals surface area contributed by atoms with Crippen molar-refractivity contribution in [2.24, 2.45) is 4.99 Å². The number of likely N-dealkylation sites (N-methyl/N-ethyl adjacent to an activating group) is 1. The van der Waals surface area contributed by atoms with Crippen LogP contribution in [0.15, 0.2) is 29.3 Å². The lowest BCUT2D eigenvalue weighted by molar-refractivity contribution is 0.332. The third kappa shape index (κ3) is 7.98. The Hall–Kier alpha value is -1.62. The third-order valence-electron chi connectivity index (χ3n) is 3.50. The summed E-state index contributed by atoms with van der Waals surface area (Å²) in [6, 6.07) is 6.71. The van der Waals surface area contributed by atoms with Crippen molar-refractivity contribution in [1.82, 2.24) is 15.5 Å². The van der Waals surface area contributed by atoms with Crippen molar-refractivity contribution in [1.29, 1.82) is 0 Å². The van der Waals surface area contributed by atoms with E-state index in [1.54, 1.807) is 19.2 Å². The quantitative estimate of drug-likeness (QED) is 0.543. The monoisotopic (exact) mass is 308 g/mol. The van der Waals surface area contributed by atoms with Crippen LogP contribution < -0.4 is 10.6 Å². The van der Waals surface area contributed by atoms with Gasteiger partial charge in [0.05, 0.1) is 0 Å². The maximum atomic E-state index is 13.1. The lowest BCUT2D eigenvalue weighted by atomic mass is 10.1. The summed E-state index contributed by atoms with van der Waals surface area (Å²) in [5.41, 5.74) is 0.988. The van der Waals surface area contributed by atoms with Gasteiger partial charge in [-0.15, -0.1) is 0 Å². The number of benzene rings is 1. The molecule has 0 unspecified atom stereocenters. The first kappa shape index (κ1) is 18.4. The largest absolute Gasteiger partial charge is 0.356 e. The average molecular weight is 308 g/mol. The Morgan fingerprint density at radius 3 is 2.68 bits per heavy atom. The molecule has 0 spiro atoms. The molecule has 0 heterocycles. The first-order valence-corrected chi connectivity index (χ1v) is 8.03. The van der Waals surface area contributed by atoms with Crippen LogP contribution in [0.1, 0.15) is 25.3 Å². The molecule has 0 fully saturated rings. The summed E-state index contributed by atoms with van der Waals surface area (Å²) in [6.07, 6.45) is 3.23. The van der Waals surface area contributed by atoms with Crippen molar-refractivity contribution < 1.29 is 4.39 Å². The van der Waals surface area contributed by atoms with E-state index < -0.39 is 0 Å². The van der Waals surface area contributed by atoms with E-state index in [1.165, 1.54) is 18.9 Å². The molecule has 22 heavy (non-hydrogen) atoms. The normalized spacial score (nSPS) is 11.8. The third-order valence-corrected chi connectivity index (χ3v) is 3.50. The molecule has 5 heteroatoms. The van der Waals surface area contributed by atoms with Gasteiger partial charge in [0.25, 0.3) is 0 Å². The summed E-state index contributed by atoms with van der Waals surface area (Å²) in [6.45, 7) is 5.92. The van der Waals surface area contributed by atoms with Crippen LogP contribution in [0.5, 0.6) is 0 Å². The van der Waals surface area contributed by atoms with Crippen molar-refractivity contribution in [2.75, 3.05) is 40.3 Å². The zero-order valence-corrected chi connectivity index (χ0v) is 14.0. The molecule has 1 rings (SSSR count). The Labute approximate surface area is 133 Å². The number of halogens is 1. The second kappa shape index (κ2) is 11.0. The second-order valence-electron chi connectivity index (χ2n) is 5.46. The highest BCUT2D eigenvalue weighted by Gasteiger charge is 2.01. The molecule has 0 amide bonds. The number of hydrogen-bond donors (Lipinski definition) is 2. The van der Waals surface area contributed by atoms with Gasteiger partial charge < -0.3 is 15.5 Å². The lowest BCUT2D eigenvalue weighted by Gasteiger charge is -2.18. The highest BCUT2D eigenvalue weighted by Crippen LogP contribution is 2.03. The van der Waals surface area contributed by atoms with Crippen LogP contribution in [0, 0.1) is 5.82 Å². The van der Waals surface area contributed by atoms with Gasteiger partial charge in [-0.2, -0.15) is 0 Å². The first-order chi connectivity index (χ1) is 10.7. The minimum absolute atomic E-state index is 0.185. The molecule has 124 valence electrons. The fraction of sp³-hybridized carbons (Fsp3) is 0.588. The Morgan fingerprint density at radius 2 is 2.00 bits per heavy atom. The molecule has 0 bridgehead atoms. The average Bonchev–Trinajstić information content (AvgIpc) is 2.51. The van der Waals surface area contributed by atoms with Gasteiger partial charge in [0.2, 0.25) is 0 Å². The molecule has 0 saturated heterocycles. The number of rotatable bonds is 9. The van der Waals surface area contributed by atoms with Crippen LogP contribution in [-0.2, 0) is 6.42 Å². The first-order valence-electron chi connectivity index (χ1n) is 8.03. The van der Waals surface area contributed by atoms with E-state index in [0.29, 0.717) is 0 Å². The maximum Gasteiger partial charge on any atom is 0.191 e. The van der Waals surface area contributed by atoms with Gasteiger partial charge >= 0.3 is 0 Å². The predicted molar refractivity (Wildman–Crippen MR) is 91.9 cm³/mol. The van der Waals surface area contributed by atoms with E-state index in [-0.39, 0.29) is 5.82 Å². The highest BCUT2D eigenvalue weighted by molar-refractivity contribution is 5.79. The number of hydrogen-bond acceptors (Lipinski definition) is 2. The predicted octanol–water partition coefficient (Wildman–Crippen LogP) is 2.27. The molecule has 0 aromatic heterocycles. The van der Waals surface area contributed by atoms with Gasteiger partial charge in [-0.3, -0.25) is 4.99 Å². The molecule has 2 N–H and O–H groups in total. The summed E-state index contributed by atoms with van der Waals surface area (Å²) in [5, 5.41) is 6.55. The molecular formula is C17H29FN4. The lowest BCUT2D eigenvalue weighted by Crippen LogP contribution is -2.41. The molecule has 0 radical (unpaired) electrons. The van der Waals surface area contributed by atoms with Crippen LogP contribution in [0.4, 0.5) is 4.39 Å². The van der Waals surface area contributed by atoms with Crippen LogP contribution in [-0.4, -0.2) is 51.1 Å². The number of guanidine groups is 1. The molecule has 0 aliphatic heterocycles. The van der Waals surface area contributed by atoms with E-state index in [2.05, 4.69) is 34.5 Å². The maximum absolute atomic E-state index is 13.1. The summed E-state index contributed by atoms with van der Waals surface area (Å²) in [7, 11) is 3.90. The topological polar surface area (TPSA) is 39.7 Å². The molecular weight excluding hydrogens is 279 g/mol. The minimum Gasteiger partial charge on any atom is -0.356 e. The zero-order chi connectivity index (χ0) is 16.2. The molecule has 1 aromatic carbocycles. The van der Waals surface area contributed by atoms with Crippen molar-refractivity contribution >= 4 is 5.96 Å². The summed E-state index contributed by atoms with van der Waals surface area (Å²) < 4.78 is 13.1. The van der Waals surface area contributed by atoms with Gasteiger partial charge in [-0.05, 0) is 44.1 Å². The van der Waals surface area contributed by atoms with E-state index in [1.807, 2.05) is 6.07 Å². The Bertz CT molecular complexity index is 448. The number of nitrogens with zero attached hydrogens (tertiary/aromatic N) is 2. The van der Waals surface area contributed by atoms with E-state index in [9.17, 15) is 4.39 Å². The molecule has 4 nitrogen and oxygen atoms in total. The smallest absolute Gasteiger partial charge is 0.191 e. The molecule has 0 atom stereocenters. The summed E-state index contributed by atoms with van der Waals surface area (Å²) in [4.78, 5) is 6.51. The fourth-order valence-corrected chi connectivity index (χ4v) is 2.14. The van der Waals surface area contributed by atoms with Crippen molar-refractivity contribution in [3.05, 3.63) is 35.6 Å². The van der Waals surface area contributed by atoms with Gasteiger partial charge in [0.15, 0.2) is 5.96 Å². The Kier molecular flexibility index (Phi) is 9.23. The van der Waals surface area contributed by atoms with E-state index in [4.69, 9.17) is 0 Å². The van der Waals surface area contributed by atoms with E-state index >= 15 is 0 Å². The molecule has 0 aliphatic carbocycles. The Morgan fingerprint density at radius 1 is 1.23 bits per heavy atom. The van der Waals surface area contributed by atoms with Gasteiger partial charge in [0, 0.05) is 26.7 Å². The molecule has 1 aromatic rings. The summed E-state index contributed by atoms with van der Waals surface area (Å²) in [5.74, 6) is 0.607. The molecule has 0 saturated carbocycles. The van der Waals surface area contributed by atoms with Gasteiger partial charge in [0.1, 0.15) is 5.82 Å². The number of nitrogens with one attached hydrogen (secondary N) is 2. The van der Waals surface area contributed by atoms with Gasteiger partial charge in [-0.1, -0.05) is 25.5 Å².